The summed E-state index contributed by atoms with van der Waals surface area (Å²) in [5.74, 6) is 0.148. The molecule has 1 heterocycles. The van der Waals surface area contributed by atoms with Crippen LogP contribution in [0.2, 0.25) is 5.02 Å². The summed E-state index contributed by atoms with van der Waals surface area (Å²) >= 11 is 5.89. The number of H-pyrrole nitrogens is 1. The van der Waals surface area contributed by atoms with Crippen molar-refractivity contribution >= 4 is 28.4 Å². The second-order valence-corrected chi connectivity index (χ2v) is 5.88. The Morgan fingerprint density at radius 3 is 2.88 bits per heavy atom. The van der Waals surface area contributed by atoms with Crippen molar-refractivity contribution in [2.75, 3.05) is 20.2 Å². The van der Waals surface area contributed by atoms with Gasteiger partial charge < -0.3 is 14.6 Å². The SMILES string of the molecule is CN(CCOc1cccc(Cl)c1)C(=O)c1cc2cc(F)ccc2[nH]1. The third-order valence-electron chi connectivity index (χ3n) is 3.65. The van der Waals surface area contributed by atoms with Gasteiger partial charge in [0.1, 0.15) is 23.9 Å². The molecule has 0 radical (unpaired) electrons. The molecule has 3 aromatic rings. The highest BCUT2D eigenvalue weighted by molar-refractivity contribution is 6.30. The average molecular weight is 347 g/mol. The monoisotopic (exact) mass is 346 g/mol. The second kappa shape index (κ2) is 6.93. The van der Waals surface area contributed by atoms with Crippen LogP contribution in [-0.2, 0) is 0 Å². The van der Waals surface area contributed by atoms with Gasteiger partial charge in [-0.05, 0) is 42.5 Å². The molecule has 0 saturated heterocycles. The van der Waals surface area contributed by atoms with Crippen LogP contribution in [0, 0.1) is 5.82 Å². The molecule has 0 aliphatic carbocycles. The number of carbonyl (C=O) groups is 1. The van der Waals surface area contributed by atoms with Crippen LogP contribution in [0.5, 0.6) is 5.75 Å². The van der Waals surface area contributed by atoms with Gasteiger partial charge in [0.2, 0.25) is 0 Å². The van der Waals surface area contributed by atoms with Crippen molar-refractivity contribution < 1.29 is 13.9 Å². The largest absolute Gasteiger partial charge is 0.492 e. The number of amides is 1. The summed E-state index contributed by atoms with van der Waals surface area (Å²) in [5.41, 5.74) is 1.14. The Morgan fingerprint density at radius 1 is 1.25 bits per heavy atom. The second-order valence-electron chi connectivity index (χ2n) is 5.45. The normalized spacial score (nSPS) is 10.8. The number of rotatable bonds is 5. The zero-order valence-electron chi connectivity index (χ0n) is 13.1. The molecule has 2 aromatic carbocycles. The number of aromatic amines is 1. The third-order valence-corrected chi connectivity index (χ3v) is 3.89. The van der Waals surface area contributed by atoms with Gasteiger partial charge in [0, 0.05) is 23.0 Å². The molecule has 0 spiro atoms. The van der Waals surface area contributed by atoms with E-state index in [0.717, 1.165) is 5.52 Å². The lowest BCUT2D eigenvalue weighted by Crippen LogP contribution is -2.31. The number of carbonyl (C=O) groups excluding carboxylic acids is 1. The summed E-state index contributed by atoms with van der Waals surface area (Å²) < 4.78 is 18.8. The highest BCUT2D eigenvalue weighted by Gasteiger charge is 2.14. The van der Waals surface area contributed by atoms with E-state index >= 15 is 0 Å². The summed E-state index contributed by atoms with van der Waals surface area (Å²) in [6, 6.07) is 13.1. The summed E-state index contributed by atoms with van der Waals surface area (Å²) in [6.45, 7) is 0.756. The maximum atomic E-state index is 13.2. The average Bonchev–Trinajstić information content (AvgIpc) is 2.97. The van der Waals surface area contributed by atoms with Gasteiger partial charge in [0.05, 0.1) is 6.54 Å². The van der Waals surface area contributed by atoms with E-state index in [1.807, 2.05) is 0 Å². The van der Waals surface area contributed by atoms with Gasteiger partial charge in [-0.2, -0.15) is 0 Å². The number of hydrogen-bond donors (Lipinski definition) is 1. The van der Waals surface area contributed by atoms with Crippen molar-refractivity contribution in [3.63, 3.8) is 0 Å². The number of nitrogens with zero attached hydrogens (tertiary/aromatic N) is 1. The van der Waals surface area contributed by atoms with Crippen molar-refractivity contribution in [2.24, 2.45) is 0 Å². The van der Waals surface area contributed by atoms with E-state index in [1.54, 1.807) is 48.3 Å². The van der Waals surface area contributed by atoms with Crippen LogP contribution in [0.3, 0.4) is 0 Å². The predicted molar refractivity (Wildman–Crippen MR) is 92.2 cm³/mol. The molecule has 1 amide bonds. The van der Waals surface area contributed by atoms with Crippen molar-refractivity contribution in [2.45, 2.75) is 0 Å². The lowest BCUT2D eigenvalue weighted by molar-refractivity contribution is 0.0769. The smallest absolute Gasteiger partial charge is 0.270 e. The molecule has 0 unspecified atom stereocenters. The van der Waals surface area contributed by atoms with Crippen molar-refractivity contribution in [1.29, 1.82) is 0 Å². The summed E-state index contributed by atoms with van der Waals surface area (Å²) in [5, 5.41) is 1.27. The van der Waals surface area contributed by atoms with Crippen LogP contribution < -0.4 is 4.74 Å². The molecule has 4 nitrogen and oxygen atoms in total. The molecule has 0 fully saturated rings. The van der Waals surface area contributed by atoms with Gasteiger partial charge in [0.25, 0.3) is 5.91 Å². The van der Waals surface area contributed by atoms with Crippen LogP contribution in [0.4, 0.5) is 4.39 Å². The first kappa shape index (κ1) is 16.3. The number of benzene rings is 2. The Kier molecular flexibility index (Phi) is 4.71. The number of nitrogens with one attached hydrogen (secondary N) is 1. The molecule has 124 valence electrons. The molecule has 6 heteroatoms. The highest BCUT2D eigenvalue weighted by atomic mass is 35.5. The molecule has 0 aliphatic heterocycles. The Labute approximate surface area is 143 Å². The first-order valence-electron chi connectivity index (χ1n) is 7.45. The van der Waals surface area contributed by atoms with E-state index in [-0.39, 0.29) is 11.7 Å². The lowest BCUT2D eigenvalue weighted by Gasteiger charge is -2.16. The molecule has 0 saturated carbocycles. The number of aromatic nitrogens is 1. The van der Waals surface area contributed by atoms with E-state index < -0.39 is 0 Å². The Balaban J connectivity index is 1.61. The maximum absolute atomic E-state index is 13.2. The van der Waals surface area contributed by atoms with Gasteiger partial charge in [-0.25, -0.2) is 4.39 Å². The molecular formula is C18H16ClFN2O2. The van der Waals surface area contributed by atoms with Crippen LogP contribution in [0.1, 0.15) is 10.5 Å². The molecule has 24 heavy (non-hydrogen) atoms. The zero-order valence-corrected chi connectivity index (χ0v) is 13.8. The molecule has 0 bridgehead atoms. The summed E-state index contributed by atoms with van der Waals surface area (Å²) in [6.07, 6.45) is 0. The highest BCUT2D eigenvalue weighted by Crippen LogP contribution is 2.18. The number of halogens is 2. The third kappa shape index (κ3) is 3.68. The minimum Gasteiger partial charge on any atom is -0.492 e. The van der Waals surface area contributed by atoms with E-state index in [9.17, 15) is 9.18 Å². The van der Waals surface area contributed by atoms with Gasteiger partial charge in [-0.1, -0.05) is 17.7 Å². The van der Waals surface area contributed by atoms with Crippen molar-refractivity contribution in [3.8, 4) is 5.75 Å². The van der Waals surface area contributed by atoms with Crippen LogP contribution in [-0.4, -0.2) is 36.0 Å². The van der Waals surface area contributed by atoms with Crippen molar-refractivity contribution in [1.82, 2.24) is 9.88 Å². The quantitative estimate of drug-likeness (QED) is 0.755. The van der Waals surface area contributed by atoms with Crippen LogP contribution >= 0.6 is 11.6 Å². The lowest BCUT2D eigenvalue weighted by atomic mass is 10.2. The number of hydrogen-bond acceptors (Lipinski definition) is 2. The Bertz CT molecular complexity index is 878. The zero-order chi connectivity index (χ0) is 17.1. The molecule has 1 N–H and O–H groups in total. The standard InChI is InChI=1S/C18H16ClFN2O2/c1-22(7-8-24-15-4-2-3-13(19)11-15)18(23)17-10-12-9-14(20)5-6-16(12)21-17/h2-6,9-11,21H,7-8H2,1H3. The van der Waals surface area contributed by atoms with Gasteiger partial charge in [-0.3, -0.25) is 4.79 Å². The first-order chi connectivity index (χ1) is 11.5. The minimum absolute atomic E-state index is 0.179. The summed E-state index contributed by atoms with van der Waals surface area (Å²) in [7, 11) is 1.69. The number of fused-ring (bicyclic) bond motifs is 1. The van der Waals surface area contributed by atoms with E-state index in [4.69, 9.17) is 16.3 Å². The fraction of sp³-hybridized carbons (Fsp3) is 0.167. The van der Waals surface area contributed by atoms with Crippen LogP contribution in [0.15, 0.2) is 48.5 Å². The molecule has 3 rings (SSSR count). The topological polar surface area (TPSA) is 45.3 Å². The molecular weight excluding hydrogens is 331 g/mol. The van der Waals surface area contributed by atoms with E-state index in [1.165, 1.54) is 12.1 Å². The molecule has 1 aromatic heterocycles. The van der Waals surface area contributed by atoms with Crippen molar-refractivity contribution in [3.05, 3.63) is 65.1 Å². The van der Waals surface area contributed by atoms with Crippen LogP contribution in [0.25, 0.3) is 10.9 Å². The predicted octanol–water partition coefficient (Wildman–Crippen LogP) is 4.11. The number of likely N-dealkylation sites (N-methyl/N-ethyl adjacent to an activating group) is 1. The Hall–Kier alpha value is -2.53. The molecule has 0 atom stereocenters. The number of ether oxygens (including phenoxy) is 1. The van der Waals surface area contributed by atoms with E-state index in [2.05, 4.69) is 4.98 Å². The fourth-order valence-electron chi connectivity index (χ4n) is 2.38. The first-order valence-corrected chi connectivity index (χ1v) is 7.83. The molecule has 0 aliphatic rings. The van der Waals surface area contributed by atoms with Gasteiger partial charge in [-0.15, -0.1) is 0 Å². The maximum Gasteiger partial charge on any atom is 0.270 e. The summed E-state index contributed by atoms with van der Waals surface area (Å²) in [4.78, 5) is 17.0. The minimum atomic E-state index is -0.330. The van der Waals surface area contributed by atoms with Gasteiger partial charge >= 0.3 is 0 Å². The fourth-order valence-corrected chi connectivity index (χ4v) is 2.56. The van der Waals surface area contributed by atoms with Gasteiger partial charge in [0.15, 0.2) is 0 Å². The Morgan fingerprint density at radius 2 is 2.08 bits per heavy atom. The van der Waals surface area contributed by atoms with E-state index in [0.29, 0.717) is 35.0 Å².